The largest absolute Gasteiger partial charge is 0.295 e. The van der Waals surface area contributed by atoms with Gasteiger partial charge in [-0.1, -0.05) is 35.9 Å². The molecular formula is C22H17NO3. The van der Waals surface area contributed by atoms with Crippen molar-refractivity contribution in [2.24, 2.45) is 4.99 Å². The molecule has 0 spiro atoms. The van der Waals surface area contributed by atoms with Crippen LogP contribution in [0, 0.1) is 0 Å². The first kappa shape index (κ1) is 15.4. The number of allylic oxidation sites excluding steroid dienone is 5. The van der Waals surface area contributed by atoms with Crippen molar-refractivity contribution in [3.63, 3.8) is 0 Å². The molecule has 1 unspecified atom stereocenters. The summed E-state index contributed by atoms with van der Waals surface area (Å²) in [5.74, 6) is -0.499. The van der Waals surface area contributed by atoms with E-state index in [0.717, 1.165) is 29.6 Å². The van der Waals surface area contributed by atoms with Crippen LogP contribution >= 0.6 is 0 Å². The maximum absolute atomic E-state index is 13.3. The molecule has 3 aliphatic carbocycles. The fourth-order valence-electron chi connectivity index (χ4n) is 4.66. The van der Waals surface area contributed by atoms with E-state index < -0.39 is 5.92 Å². The first-order chi connectivity index (χ1) is 12.7. The highest BCUT2D eigenvalue weighted by Gasteiger charge is 2.45. The first-order valence-electron chi connectivity index (χ1n) is 9.02. The van der Waals surface area contributed by atoms with Crippen LogP contribution in [0.4, 0.5) is 0 Å². The predicted octanol–water partition coefficient (Wildman–Crippen LogP) is 3.05. The first-order valence-corrected chi connectivity index (χ1v) is 9.02. The molecule has 26 heavy (non-hydrogen) atoms. The Labute approximate surface area is 151 Å². The molecule has 0 fully saturated rings. The van der Waals surface area contributed by atoms with E-state index in [9.17, 15) is 14.4 Å². The zero-order valence-corrected chi connectivity index (χ0v) is 14.2. The summed E-state index contributed by atoms with van der Waals surface area (Å²) in [6, 6.07) is 9.62. The van der Waals surface area contributed by atoms with E-state index in [1.54, 1.807) is 0 Å². The minimum Gasteiger partial charge on any atom is -0.295 e. The minimum atomic E-state index is -0.428. The second-order valence-electron chi connectivity index (χ2n) is 7.23. The third kappa shape index (κ3) is 2.02. The van der Waals surface area contributed by atoms with Crippen LogP contribution in [0.15, 0.2) is 68.8 Å². The maximum atomic E-state index is 13.3. The number of hydrogen-bond donors (Lipinski definition) is 0. The number of ketones is 3. The van der Waals surface area contributed by atoms with Gasteiger partial charge in [-0.15, -0.1) is 0 Å². The molecule has 0 N–H and O–H groups in total. The highest BCUT2D eigenvalue weighted by atomic mass is 16.1. The Hall–Kier alpha value is -2.88. The van der Waals surface area contributed by atoms with Crippen LogP contribution in [-0.4, -0.2) is 30.1 Å². The van der Waals surface area contributed by atoms with Crippen molar-refractivity contribution in [3.05, 3.63) is 69.3 Å². The third-order valence-electron chi connectivity index (χ3n) is 5.82. The number of hydrogen-bond acceptors (Lipinski definition) is 4. The van der Waals surface area contributed by atoms with Crippen molar-refractivity contribution in [2.45, 2.75) is 31.6 Å². The van der Waals surface area contributed by atoms with E-state index in [2.05, 4.69) is 4.99 Å². The number of Topliss-reactive ketones (excluding diaryl/α,β-unsaturated/α-hetero) is 3. The molecule has 1 aliphatic heterocycles. The van der Waals surface area contributed by atoms with E-state index in [4.69, 9.17) is 0 Å². The fraction of sp³-hybridized carbons (Fsp3) is 0.273. The maximum Gasteiger partial charge on any atom is 0.192 e. The van der Waals surface area contributed by atoms with Gasteiger partial charge in [0.25, 0.3) is 0 Å². The van der Waals surface area contributed by atoms with Crippen LogP contribution in [-0.2, 0) is 14.4 Å². The van der Waals surface area contributed by atoms with Gasteiger partial charge in [-0.3, -0.25) is 19.4 Å². The van der Waals surface area contributed by atoms with Crippen LogP contribution in [0.5, 0.6) is 0 Å². The van der Waals surface area contributed by atoms with Crippen LogP contribution in [0.1, 0.15) is 37.2 Å². The Morgan fingerprint density at radius 2 is 1.69 bits per heavy atom. The highest BCUT2D eigenvalue weighted by Crippen LogP contribution is 2.49. The zero-order chi connectivity index (χ0) is 17.8. The molecule has 4 heteroatoms. The fourth-order valence-corrected chi connectivity index (χ4v) is 4.66. The monoisotopic (exact) mass is 343 g/mol. The van der Waals surface area contributed by atoms with E-state index in [1.165, 1.54) is 6.21 Å². The van der Waals surface area contributed by atoms with Gasteiger partial charge in [0.1, 0.15) is 0 Å². The van der Waals surface area contributed by atoms with Crippen LogP contribution in [0.2, 0.25) is 0 Å². The highest BCUT2D eigenvalue weighted by molar-refractivity contribution is 6.35. The molecule has 1 atom stereocenters. The molecule has 4 nitrogen and oxygen atoms in total. The van der Waals surface area contributed by atoms with Crippen molar-refractivity contribution >= 4 is 23.6 Å². The summed E-state index contributed by atoms with van der Waals surface area (Å²) < 4.78 is 0. The molecule has 1 aromatic rings. The molecule has 4 aliphatic rings. The number of carbonyl (C=O) groups excluding carboxylic acids is 3. The van der Waals surface area contributed by atoms with E-state index >= 15 is 0 Å². The van der Waals surface area contributed by atoms with Crippen LogP contribution in [0.3, 0.4) is 0 Å². The Morgan fingerprint density at radius 3 is 2.50 bits per heavy atom. The summed E-state index contributed by atoms with van der Waals surface area (Å²) in [6.07, 6.45) is 4.11. The van der Waals surface area contributed by atoms with Crippen molar-refractivity contribution in [1.82, 2.24) is 0 Å². The van der Waals surface area contributed by atoms with Crippen molar-refractivity contribution < 1.29 is 14.4 Å². The van der Waals surface area contributed by atoms with E-state index in [0.29, 0.717) is 35.1 Å². The Bertz CT molecular complexity index is 1010. The molecule has 5 rings (SSSR count). The summed E-state index contributed by atoms with van der Waals surface area (Å²) in [5, 5.41) is 0. The van der Waals surface area contributed by atoms with Gasteiger partial charge in [-0.05, 0) is 24.8 Å². The molecule has 128 valence electrons. The zero-order valence-electron chi connectivity index (χ0n) is 14.2. The molecule has 0 saturated heterocycles. The molecule has 0 aromatic heterocycles. The molecular weight excluding hydrogens is 326 g/mol. The molecule has 1 heterocycles. The standard InChI is InChI=1S/C22H17NO3/c24-17-8-4-7-13-9-14-20(19(18(13)17)12-5-2-1-3-6-12)22(26)16-11-23-10-15(16)21(14)25/h1-3,5-6,11,19H,4,7-10H2. The number of carbonyl (C=O) groups is 3. The van der Waals surface area contributed by atoms with Gasteiger partial charge in [0.05, 0.1) is 6.54 Å². The third-order valence-corrected chi connectivity index (χ3v) is 5.82. The Balaban J connectivity index is 1.75. The van der Waals surface area contributed by atoms with Crippen molar-refractivity contribution in [2.75, 3.05) is 6.54 Å². The SMILES string of the molecule is O=C1CCCC2=C1C(c1ccccc1)C1=C(C2)C(=O)C2=C(C=NC2)C1=O. The summed E-state index contributed by atoms with van der Waals surface area (Å²) in [7, 11) is 0. The lowest BCUT2D eigenvalue weighted by Gasteiger charge is -2.36. The number of nitrogens with zero attached hydrogens (tertiary/aromatic N) is 1. The average molecular weight is 343 g/mol. The molecule has 0 amide bonds. The van der Waals surface area contributed by atoms with Gasteiger partial charge in [0.2, 0.25) is 0 Å². The lowest BCUT2D eigenvalue weighted by atomic mass is 9.65. The predicted molar refractivity (Wildman–Crippen MR) is 97.1 cm³/mol. The van der Waals surface area contributed by atoms with E-state index in [1.807, 2.05) is 30.3 Å². The topological polar surface area (TPSA) is 63.6 Å². The summed E-state index contributed by atoms with van der Waals surface area (Å²) >= 11 is 0. The Kier molecular flexibility index (Phi) is 3.29. The average Bonchev–Trinajstić information content (AvgIpc) is 3.16. The number of benzene rings is 1. The normalized spacial score (nSPS) is 24.9. The van der Waals surface area contributed by atoms with Gasteiger partial charge in [0.15, 0.2) is 17.3 Å². The van der Waals surface area contributed by atoms with Gasteiger partial charge >= 0.3 is 0 Å². The molecule has 0 saturated carbocycles. The van der Waals surface area contributed by atoms with E-state index in [-0.39, 0.29) is 23.9 Å². The lowest BCUT2D eigenvalue weighted by Crippen LogP contribution is -2.33. The summed E-state index contributed by atoms with van der Waals surface area (Å²) in [5.41, 5.74) is 4.72. The number of rotatable bonds is 1. The minimum absolute atomic E-state index is 0.0578. The molecule has 1 aromatic carbocycles. The quantitative estimate of drug-likeness (QED) is 0.736. The van der Waals surface area contributed by atoms with Crippen molar-refractivity contribution in [3.8, 4) is 0 Å². The summed E-state index contributed by atoms with van der Waals surface area (Å²) in [4.78, 5) is 43.3. The summed E-state index contributed by atoms with van der Waals surface area (Å²) in [6.45, 7) is 0.289. The lowest BCUT2D eigenvalue weighted by molar-refractivity contribution is -0.117. The van der Waals surface area contributed by atoms with Gasteiger partial charge in [-0.2, -0.15) is 0 Å². The van der Waals surface area contributed by atoms with Crippen LogP contribution < -0.4 is 0 Å². The van der Waals surface area contributed by atoms with Gasteiger partial charge < -0.3 is 0 Å². The van der Waals surface area contributed by atoms with Gasteiger partial charge in [-0.25, -0.2) is 0 Å². The smallest absolute Gasteiger partial charge is 0.192 e. The molecule has 0 radical (unpaired) electrons. The Morgan fingerprint density at radius 1 is 0.885 bits per heavy atom. The van der Waals surface area contributed by atoms with Crippen LogP contribution in [0.25, 0.3) is 0 Å². The number of aliphatic imine (C=N–C) groups is 1. The second kappa shape index (κ2) is 5.56. The van der Waals surface area contributed by atoms with Crippen molar-refractivity contribution in [1.29, 1.82) is 0 Å². The molecule has 0 bridgehead atoms. The second-order valence-corrected chi connectivity index (χ2v) is 7.23. The van der Waals surface area contributed by atoms with Gasteiger partial charge in [0, 0.05) is 46.4 Å².